The molecule has 1 fully saturated rings. The van der Waals surface area contributed by atoms with Crippen molar-refractivity contribution in [3.05, 3.63) is 74.3 Å². The van der Waals surface area contributed by atoms with Gasteiger partial charge in [-0.15, -0.1) is 11.3 Å². The van der Waals surface area contributed by atoms with Crippen molar-refractivity contribution in [2.75, 3.05) is 13.1 Å². The van der Waals surface area contributed by atoms with Crippen LogP contribution in [-0.2, 0) is 11.3 Å². The highest BCUT2D eigenvalue weighted by molar-refractivity contribution is 9.10. The fourth-order valence-corrected chi connectivity index (χ4v) is 5.20. The van der Waals surface area contributed by atoms with Crippen LogP contribution in [0.4, 0.5) is 8.78 Å². The van der Waals surface area contributed by atoms with Crippen LogP contribution >= 0.6 is 27.3 Å². The van der Waals surface area contributed by atoms with Crippen molar-refractivity contribution in [1.29, 1.82) is 0 Å². The first-order valence-corrected chi connectivity index (χ1v) is 12.0. The summed E-state index contributed by atoms with van der Waals surface area (Å²) in [6.07, 6.45) is 5.88. The quantitative estimate of drug-likeness (QED) is 0.359. The van der Waals surface area contributed by atoms with Crippen LogP contribution < -0.4 is 5.56 Å². The second-order valence-corrected chi connectivity index (χ2v) is 10.2. The molecule has 0 atom stereocenters. The highest BCUT2D eigenvalue weighted by atomic mass is 79.9. The Labute approximate surface area is 210 Å². The zero-order chi connectivity index (χ0) is 24.7. The van der Waals surface area contributed by atoms with Crippen molar-refractivity contribution in [3.8, 4) is 23.0 Å². The maximum Gasteiger partial charge on any atom is 0.263 e. The molecule has 11 heteroatoms. The van der Waals surface area contributed by atoms with E-state index in [1.54, 1.807) is 12.1 Å². The zero-order valence-corrected chi connectivity index (χ0v) is 20.7. The number of halogens is 3. The van der Waals surface area contributed by atoms with E-state index in [0.717, 1.165) is 0 Å². The molecule has 0 aliphatic carbocycles. The van der Waals surface area contributed by atoms with Gasteiger partial charge in [-0.2, -0.15) is 0 Å². The van der Waals surface area contributed by atoms with E-state index in [1.807, 2.05) is 0 Å². The molecule has 4 heterocycles. The minimum Gasteiger partial charge on any atom is -0.335 e. The van der Waals surface area contributed by atoms with E-state index in [1.165, 1.54) is 58.7 Å². The molecule has 4 aromatic rings. The second kappa shape index (κ2) is 8.94. The summed E-state index contributed by atoms with van der Waals surface area (Å²) < 4.78 is 29.2. The Kier molecular flexibility index (Phi) is 5.94. The van der Waals surface area contributed by atoms with E-state index in [4.69, 9.17) is 0 Å². The van der Waals surface area contributed by atoms with Crippen LogP contribution in [-0.4, -0.2) is 49.1 Å². The van der Waals surface area contributed by atoms with Crippen LogP contribution in [0.3, 0.4) is 0 Å². The predicted molar refractivity (Wildman–Crippen MR) is 131 cm³/mol. The Morgan fingerprint density at radius 3 is 2.74 bits per heavy atom. The summed E-state index contributed by atoms with van der Waals surface area (Å²) in [5.74, 6) is 5.15. The number of amides is 1. The Hall–Kier alpha value is -3.49. The van der Waals surface area contributed by atoms with Crippen LogP contribution in [0, 0.1) is 17.7 Å². The molecule has 5 rings (SSSR count). The summed E-state index contributed by atoms with van der Waals surface area (Å²) in [6, 6.07) is 4.41. The fraction of sp³-hybridized carbons (Fsp3) is 0.208. The third-order valence-electron chi connectivity index (χ3n) is 5.45. The number of likely N-dealkylation sites (tertiary alicyclic amines) is 1. The van der Waals surface area contributed by atoms with Crippen molar-refractivity contribution in [1.82, 2.24) is 24.4 Å². The lowest BCUT2D eigenvalue weighted by Gasteiger charge is -2.42. The third kappa shape index (κ3) is 4.59. The van der Waals surface area contributed by atoms with Gasteiger partial charge in [-0.1, -0.05) is 6.07 Å². The van der Waals surface area contributed by atoms with Gasteiger partial charge in [0.15, 0.2) is 0 Å². The first kappa shape index (κ1) is 23.3. The molecule has 1 aliphatic heterocycles. The van der Waals surface area contributed by atoms with Crippen molar-refractivity contribution < 1.29 is 13.6 Å². The van der Waals surface area contributed by atoms with Crippen molar-refractivity contribution in [2.24, 2.45) is 0 Å². The lowest BCUT2D eigenvalue weighted by atomic mass is 9.99. The van der Waals surface area contributed by atoms with Crippen LogP contribution in [0.1, 0.15) is 17.5 Å². The first-order valence-electron chi connectivity index (χ1n) is 10.4. The topological polar surface area (TPSA) is 81.0 Å². The van der Waals surface area contributed by atoms with Gasteiger partial charge < -0.3 is 4.90 Å². The number of aromatic nitrogens is 4. The number of thiophene rings is 1. The molecule has 0 radical (unpaired) electrons. The monoisotopic (exact) mass is 555 g/mol. The summed E-state index contributed by atoms with van der Waals surface area (Å²) in [5, 5.41) is 0.270. The van der Waals surface area contributed by atoms with E-state index in [-0.39, 0.29) is 35.4 Å². The standard InChI is InChI=1S/C24H16BrF2N5O2S/c1-24(27)11-32(12-24)19(33)10-31-13-30-22-21(23(31)34)20(14-2-4-17(26)16(25)8-14)18(35-22)5-3-15-9-28-6-7-29-15/h2,4,6-9,13H,10-12H2,1H3. The summed E-state index contributed by atoms with van der Waals surface area (Å²) in [4.78, 5) is 40.9. The Balaban J connectivity index is 1.62. The molecule has 7 nitrogen and oxygen atoms in total. The molecule has 176 valence electrons. The molecule has 0 bridgehead atoms. The van der Waals surface area contributed by atoms with Gasteiger partial charge in [-0.05, 0) is 52.4 Å². The minimum atomic E-state index is -1.41. The molecule has 35 heavy (non-hydrogen) atoms. The van der Waals surface area contributed by atoms with Crippen LogP contribution in [0.15, 0.2) is 52.4 Å². The smallest absolute Gasteiger partial charge is 0.263 e. The van der Waals surface area contributed by atoms with Crippen LogP contribution in [0.5, 0.6) is 0 Å². The summed E-state index contributed by atoms with van der Waals surface area (Å²) >= 11 is 4.41. The molecule has 3 aromatic heterocycles. The predicted octanol–water partition coefficient (Wildman–Crippen LogP) is 3.79. The summed E-state index contributed by atoms with van der Waals surface area (Å²) in [5.41, 5.74) is -0.350. The van der Waals surface area contributed by atoms with E-state index < -0.39 is 17.0 Å². The van der Waals surface area contributed by atoms with Crippen LogP contribution in [0.25, 0.3) is 21.3 Å². The third-order valence-corrected chi connectivity index (χ3v) is 7.07. The van der Waals surface area contributed by atoms with Crippen molar-refractivity contribution in [2.45, 2.75) is 19.1 Å². The fourth-order valence-electron chi connectivity index (χ4n) is 3.81. The van der Waals surface area contributed by atoms with Gasteiger partial charge in [0.05, 0.1) is 40.3 Å². The Bertz CT molecular complexity index is 1580. The molecule has 0 unspecified atom stereocenters. The molecular weight excluding hydrogens is 540 g/mol. The lowest BCUT2D eigenvalue weighted by Crippen LogP contribution is -2.60. The van der Waals surface area contributed by atoms with Crippen molar-refractivity contribution >= 4 is 43.4 Å². The van der Waals surface area contributed by atoms with Gasteiger partial charge in [0.1, 0.15) is 28.6 Å². The number of benzene rings is 1. The normalized spacial score (nSPS) is 14.3. The summed E-state index contributed by atoms with van der Waals surface area (Å²) in [6.45, 7) is 1.15. The van der Waals surface area contributed by atoms with Gasteiger partial charge in [0, 0.05) is 18.0 Å². The van der Waals surface area contributed by atoms with Crippen molar-refractivity contribution in [3.63, 3.8) is 0 Å². The summed E-state index contributed by atoms with van der Waals surface area (Å²) in [7, 11) is 0. The van der Waals surface area contributed by atoms with E-state index >= 15 is 0 Å². The maximum absolute atomic E-state index is 13.9. The molecule has 1 aromatic carbocycles. The molecule has 0 spiro atoms. The number of nitrogens with zero attached hydrogens (tertiary/aromatic N) is 5. The van der Waals surface area contributed by atoms with Gasteiger partial charge in [0.2, 0.25) is 5.91 Å². The first-order chi connectivity index (χ1) is 16.7. The molecule has 0 N–H and O–H groups in total. The Morgan fingerprint density at radius 1 is 1.26 bits per heavy atom. The van der Waals surface area contributed by atoms with E-state index in [9.17, 15) is 18.4 Å². The van der Waals surface area contributed by atoms with Gasteiger partial charge >= 0.3 is 0 Å². The molecule has 1 saturated heterocycles. The zero-order valence-electron chi connectivity index (χ0n) is 18.3. The number of carbonyl (C=O) groups excluding carboxylic acids is 1. The van der Waals surface area contributed by atoms with E-state index in [0.29, 0.717) is 26.5 Å². The number of hydrogen-bond acceptors (Lipinski definition) is 6. The Morgan fingerprint density at radius 2 is 2.06 bits per heavy atom. The second-order valence-electron chi connectivity index (χ2n) is 8.30. The van der Waals surface area contributed by atoms with Gasteiger partial charge in [-0.25, -0.2) is 18.7 Å². The van der Waals surface area contributed by atoms with Crippen LogP contribution in [0.2, 0.25) is 0 Å². The number of alkyl halides is 1. The SMILES string of the molecule is CC1(F)CN(C(=O)Cn2cnc3sc(C#Cc4cnccn4)c(-c4ccc(F)c(Br)c4)c3c2=O)C1. The average molecular weight is 556 g/mol. The largest absolute Gasteiger partial charge is 0.335 e. The molecular formula is C24H16BrF2N5O2S. The molecule has 1 amide bonds. The number of carbonyl (C=O) groups is 1. The lowest BCUT2D eigenvalue weighted by molar-refractivity contribution is -0.144. The average Bonchev–Trinajstić information content (AvgIpc) is 3.19. The number of rotatable bonds is 3. The highest BCUT2D eigenvalue weighted by Gasteiger charge is 2.41. The van der Waals surface area contributed by atoms with Gasteiger partial charge in [0.25, 0.3) is 5.56 Å². The highest BCUT2D eigenvalue weighted by Crippen LogP contribution is 2.37. The number of fused-ring (bicyclic) bond motifs is 1. The van der Waals surface area contributed by atoms with Gasteiger partial charge in [-0.3, -0.25) is 19.1 Å². The molecule has 0 saturated carbocycles. The molecule has 1 aliphatic rings. The number of hydrogen-bond donors (Lipinski definition) is 0. The van der Waals surface area contributed by atoms with E-state index in [2.05, 4.69) is 42.7 Å². The maximum atomic E-state index is 13.9. The minimum absolute atomic E-state index is 0.00825.